The molecule has 4 rings (SSSR count). The van der Waals surface area contributed by atoms with Crippen LogP contribution in [-0.2, 0) is 6.54 Å². The lowest BCUT2D eigenvalue weighted by Crippen LogP contribution is -2.05. The number of benzene rings is 1. The second kappa shape index (κ2) is 17.3. The van der Waals surface area contributed by atoms with Crippen molar-refractivity contribution in [1.82, 2.24) is 19.7 Å². The normalized spacial score (nSPS) is 11.3. The summed E-state index contributed by atoms with van der Waals surface area (Å²) in [6, 6.07) is 13.2. The van der Waals surface area contributed by atoms with Crippen LogP contribution in [0.4, 0.5) is 0 Å². The molecule has 1 N–H and O–H groups in total. The highest BCUT2D eigenvalue weighted by molar-refractivity contribution is 6.02. The lowest BCUT2D eigenvalue weighted by atomic mass is 10.0. The molecule has 4 aromatic rings. The predicted octanol–water partition coefficient (Wildman–Crippen LogP) is 9.10. The Morgan fingerprint density at radius 2 is 1.40 bits per heavy atom. The molecule has 0 aliphatic carbocycles. The maximum Gasteiger partial charge on any atom is 0.336 e. The lowest BCUT2D eigenvalue weighted by Gasteiger charge is -2.09. The van der Waals surface area contributed by atoms with E-state index >= 15 is 0 Å². The van der Waals surface area contributed by atoms with Crippen molar-refractivity contribution in [3.63, 3.8) is 0 Å². The van der Waals surface area contributed by atoms with Crippen molar-refractivity contribution in [2.75, 3.05) is 6.61 Å². The monoisotopic (exact) mass is 570 g/mol. The lowest BCUT2D eigenvalue weighted by molar-refractivity contribution is 0.0699. The quantitative estimate of drug-likeness (QED) is 0.107. The Balaban J connectivity index is 1.20. The second-order valence-electron chi connectivity index (χ2n) is 11.2. The van der Waals surface area contributed by atoms with Gasteiger partial charge in [-0.25, -0.2) is 14.5 Å². The molecular weight excluding hydrogens is 524 g/mol. The SMILES string of the molecule is CCCCCCCCCCCCCCCCOc1ccc(-c2cc(C(=O)O)c3cnn(Cc4ccncc4)c3n2)cc1. The van der Waals surface area contributed by atoms with Gasteiger partial charge in [0.1, 0.15) is 5.75 Å². The van der Waals surface area contributed by atoms with Crippen molar-refractivity contribution < 1.29 is 14.6 Å². The van der Waals surface area contributed by atoms with E-state index in [-0.39, 0.29) is 5.56 Å². The summed E-state index contributed by atoms with van der Waals surface area (Å²) in [6.45, 7) is 3.46. The van der Waals surface area contributed by atoms with Crippen LogP contribution in [0, 0.1) is 0 Å². The van der Waals surface area contributed by atoms with E-state index in [0.717, 1.165) is 23.3 Å². The average Bonchev–Trinajstić information content (AvgIpc) is 3.41. The maximum atomic E-state index is 12.0. The Morgan fingerprint density at radius 3 is 2.00 bits per heavy atom. The highest BCUT2D eigenvalue weighted by Gasteiger charge is 2.17. The van der Waals surface area contributed by atoms with E-state index in [0.29, 0.717) is 29.9 Å². The van der Waals surface area contributed by atoms with Crippen molar-refractivity contribution in [1.29, 1.82) is 0 Å². The number of aromatic nitrogens is 4. The van der Waals surface area contributed by atoms with Gasteiger partial charge in [-0.05, 0) is 54.4 Å². The fourth-order valence-electron chi connectivity index (χ4n) is 5.36. The van der Waals surface area contributed by atoms with Crippen molar-refractivity contribution in [2.24, 2.45) is 0 Å². The zero-order chi connectivity index (χ0) is 29.4. The minimum atomic E-state index is -1.000. The molecule has 0 radical (unpaired) electrons. The van der Waals surface area contributed by atoms with Crippen LogP contribution in [0.25, 0.3) is 22.3 Å². The smallest absolute Gasteiger partial charge is 0.336 e. The standard InChI is InChI=1S/C35H46N4O3/c1-2-3-4-5-6-7-8-9-10-11-12-13-14-15-24-42-30-18-16-29(17-19-30)33-25-31(35(40)41)32-26-37-39(34(32)38-33)27-28-20-22-36-23-21-28/h16-23,25-26H,2-15,24,27H2,1H3,(H,40,41). The molecule has 3 aromatic heterocycles. The number of nitrogens with zero attached hydrogens (tertiary/aromatic N) is 4. The first-order valence-electron chi connectivity index (χ1n) is 15.9. The van der Waals surface area contributed by atoms with Gasteiger partial charge in [-0.15, -0.1) is 0 Å². The van der Waals surface area contributed by atoms with Crippen molar-refractivity contribution in [3.05, 3.63) is 72.2 Å². The Labute approximate surface area is 250 Å². The molecule has 3 heterocycles. The van der Waals surface area contributed by atoms with Crippen LogP contribution in [-0.4, -0.2) is 37.4 Å². The third-order valence-electron chi connectivity index (χ3n) is 7.84. The van der Waals surface area contributed by atoms with Gasteiger partial charge in [-0.1, -0.05) is 90.4 Å². The molecule has 0 atom stereocenters. The van der Waals surface area contributed by atoms with E-state index in [1.165, 1.54) is 83.5 Å². The Morgan fingerprint density at radius 1 is 0.810 bits per heavy atom. The number of hydrogen-bond acceptors (Lipinski definition) is 5. The van der Waals surface area contributed by atoms with E-state index in [2.05, 4.69) is 17.0 Å². The molecule has 0 saturated heterocycles. The average molecular weight is 571 g/mol. The molecule has 0 aliphatic rings. The van der Waals surface area contributed by atoms with Gasteiger partial charge in [-0.3, -0.25) is 4.98 Å². The molecule has 42 heavy (non-hydrogen) atoms. The first-order chi connectivity index (χ1) is 20.7. The fourth-order valence-corrected chi connectivity index (χ4v) is 5.36. The number of hydrogen-bond donors (Lipinski definition) is 1. The number of aromatic carboxylic acids is 1. The summed E-state index contributed by atoms with van der Waals surface area (Å²) >= 11 is 0. The molecule has 0 bridgehead atoms. The number of carbonyl (C=O) groups is 1. The van der Waals surface area contributed by atoms with Gasteiger partial charge in [-0.2, -0.15) is 5.10 Å². The van der Waals surface area contributed by atoms with E-state index in [1.54, 1.807) is 29.3 Å². The number of rotatable bonds is 20. The molecule has 0 unspecified atom stereocenters. The third-order valence-corrected chi connectivity index (χ3v) is 7.84. The molecule has 0 aliphatic heterocycles. The van der Waals surface area contributed by atoms with Gasteiger partial charge in [0.05, 0.1) is 36.0 Å². The molecular formula is C35H46N4O3. The second-order valence-corrected chi connectivity index (χ2v) is 11.2. The first-order valence-corrected chi connectivity index (χ1v) is 15.9. The number of unbranched alkanes of at least 4 members (excludes halogenated alkanes) is 13. The van der Waals surface area contributed by atoms with E-state index in [9.17, 15) is 9.90 Å². The van der Waals surface area contributed by atoms with Crippen molar-refractivity contribution in [3.8, 4) is 17.0 Å². The fraction of sp³-hybridized carbons (Fsp3) is 0.486. The number of carboxylic acid groups (broad SMARTS) is 1. The van der Waals surface area contributed by atoms with Crippen molar-refractivity contribution >= 4 is 17.0 Å². The van der Waals surface area contributed by atoms with E-state index in [1.807, 2.05) is 36.4 Å². The van der Waals surface area contributed by atoms with Gasteiger partial charge in [0.15, 0.2) is 5.65 Å². The number of fused-ring (bicyclic) bond motifs is 1. The Bertz CT molecular complexity index is 1350. The highest BCUT2D eigenvalue weighted by atomic mass is 16.5. The van der Waals surface area contributed by atoms with Crippen LogP contribution in [0.15, 0.2) is 61.1 Å². The van der Waals surface area contributed by atoms with E-state index in [4.69, 9.17) is 9.72 Å². The van der Waals surface area contributed by atoms with E-state index < -0.39 is 5.97 Å². The summed E-state index contributed by atoms with van der Waals surface area (Å²) in [4.78, 5) is 20.9. The maximum absolute atomic E-state index is 12.0. The topological polar surface area (TPSA) is 90.1 Å². The third kappa shape index (κ3) is 9.68. The molecule has 224 valence electrons. The van der Waals surface area contributed by atoms with Crippen LogP contribution < -0.4 is 4.74 Å². The minimum Gasteiger partial charge on any atom is -0.494 e. The first kappa shape index (κ1) is 31.2. The van der Waals surface area contributed by atoms with Gasteiger partial charge < -0.3 is 9.84 Å². The Hall–Kier alpha value is -3.74. The summed E-state index contributed by atoms with van der Waals surface area (Å²) in [7, 11) is 0. The molecule has 0 fully saturated rings. The number of ether oxygens (including phenoxy) is 1. The van der Waals surface area contributed by atoms with Gasteiger partial charge in [0.25, 0.3) is 0 Å². The number of pyridine rings is 2. The van der Waals surface area contributed by atoms with Crippen molar-refractivity contribution in [2.45, 2.75) is 103 Å². The summed E-state index contributed by atoms with van der Waals surface area (Å²) in [5, 5.41) is 14.8. The molecule has 7 heteroatoms. The molecule has 1 aromatic carbocycles. The predicted molar refractivity (Wildman–Crippen MR) is 169 cm³/mol. The zero-order valence-electron chi connectivity index (χ0n) is 25.1. The number of carboxylic acids is 1. The van der Waals surface area contributed by atoms with Crippen LogP contribution in [0.1, 0.15) is 113 Å². The molecule has 0 spiro atoms. The summed E-state index contributed by atoms with van der Waals surface area (Å²) in [5.74, 6) is -0.184. The highest BCUT2D eigenvalue weighted by Crippen LogP contribution is 2.27. The summed E-state index contributed by atoms with van der Waals surface area (Å²) in [5.41, 5.74) is 3.17. The minimum absolute atomic E-state index is 0.189. The van der Waals surface area contributed by atoms with Crippen LogP contribution in [0.2, 0.25) is 0 Å². The zero-order valence-corrected chi connectivity index (χ0v) is 25.1. The molecule has 0 saturated carbocycles. The van der Waals surface area contributed by atoms with Crippen LogP contribution >= 0.6 is 0 Å². The molecule has 0 amide bonds. The largest absolute Gasteiger partial charge is 0.494 e. The van der Waals surface area contributed by atoms with Crippen LogP contribution in [0.5, 0.6) is 5.75 Å². The van der Waals surface area contributed by atoms with Gasteiger partial charge in [0, 0.05) is 18.0 Å². The van der Waals surface area contributed by atoms with Gasteiger partial charge >= 0.3 is 5.97 Å². The Kier molecular flexibility index (Phi) is 12.8. The summed E-state index contributed by atoms with van der Waals surface area (Å²) in [6.07, 6.45) is 23.8. The summed E-state index contributed by atoms with van der Waals surface area (Å²) < 4.78 is 7.71. The molecule has 7 nitrogen and oxygen atoms in total. The van der Waals surface area contributed by atoms with Crippen LogP contribution in [0.3, 0.4) is 0 Å². The van der Waals surface area contributed by atoms with Gasteiger partial charge in [0.2, 0.25) is 0 Å².